The van der Waals surface area contributed by atoms with Crippen molar-refractivity contribution in [3.63, 3.8) is 0 Å². The van der Waals surface area contributed by atoms with Crippen molar-refractivity contribution >= 4 is 23.6 Å². The van der Waals surface area contributed by atoms with Gasteiger partial charge in [0.1, 0.15) is 5.78 Å². The highest BCUT2D eigenvalue weighted by atomic mass is 16.2. The lowest BCUT2D eigenvalue weighted by Crippen LogP contribution is -2.54. The van der Waals surface area contributed by atoms with Gasteiger partial charge in [-0.25, -0.2) is 20.4 Å². The number of urea groups is 2. The zero-order valence-electron chi connectivity index (χ0n) is 11.8. The van der Waals surface area contributed by atoms with Gasteiger partial charge in [-0.15, -0.1) is 0 Å². The van der Waals surface area contributed by atoms with E-state index in [1.807, 2.05) is 0 Å². The fourth-order valence-electron chi connectivity index (χ4n) is 2.62. The maximum Gasteiger partial charge on any atom is 0.336 e. The molecule has 0 aromatic carbocycles. The van der Waals surface area contributed by atoms with Gasteiger partial charge in [0.15, 0.2) is 5.78 Å². The molecule has 0 spiro atoms. The lowest BCUT2D eigenvalue weighted by atomic mass is 9.91. The first-order chi connectivity index (χ1) is 10.0. The van der Waals surface area contributed by atoms with Gasteiger partial charge in [-0.1, -0.05) is 0 Å². The topological polar surface area (TPSA) is 108 Å². The Balaban J connectivity index is 2.01. The van der Waals surface area contributed by atoms with E-state index < -0.39 is 12.1 Å². The normalized spacial score (nSPS) is 25.5. The number of fused-ring (bicyclic) bond motifs is 2. The highest BCUT2D eigenvalue weighted by Gasteiger charge is 2.26. The van der Waals surface area contributed by atoms with E-state index >= 15 is 0 Å². The van der Waals surface area contributed by atoms with Gasteiger partial charge >= 0.3 is 12.1 Å². The van der Waals surface area contributed by atoms with Gasteiger partial charge in [0.05, 0.1) is 6.54 Å². The second-order valence-corrected chi connectivity index (χ2v) is 5.47. The molecule has 1 unspecified atom stereocenters. The summed E-state index contributed by atoms with van der Waals surface area (Å²) in [5.41, 5.74) is 4.50. The Kier molecular flexibility index (Phi) is 5.13. The fraction of sp³-hybridized carbons (Fsp3) is 0.692. The SMILES string of the molecule is O=C1CCC(=O)CC2CCCN(C2)C(=O)NNC(=O)NC1. The Bertz CT molecular complexity index is 451. The summed E-state index contributed by atoms with van der Waals surface area (Å²) in [5, 5.41) is 2.33. The van der Waals surface area contributed by atoms with Crippen LogP contribution in [-0.2, 0) is 9.59 Å². The van der Waals surface area contributed by atoms with Crippen molar-refractivity contribution in [3.8, 4) is 0 Å². The molecule has 2 aliphatic rings. The number of rotatable bonds is 0. The van der Waals surface area contributed by atoms with E-state index in [9.17, 15) is 19.2 Å². The van der Waals surface area contributed by atoms with E-state index in [-0.39, 0.29) is 36.9 Å². The number of Topliss-reactive ketones (excluding diaryl/α,β-unsaturated/α-hetero) is 2. The Morgan fingerprint density at radius 3 is 2.57 bits per heavy atom. The smallest absolute Gasteiger partial charge is 0.330 e. The number of nitrogens with one attached hydrogen (secondary N) is 3. The Labute approximate surface area is 122 Å². The van der Waals surface area contributed by atoms with Crippen molar-refractivity contribution in [2.24, 2.45) is 5.92 Å². The molecule has 3 N–H and O–H groups in total. The number of hydrogen-bond donors (Lipinski definition) is 3. The Morgan fingerprint density at radius 1 is 1.00 bits per heavy atom. The van der Waals surface area contributed by atoms with Crippen LogP contribution in [-0.4, -0.2) is 48.2 Å². The van der Waals surface area contributed by atoms with Gasteiger partial charge in [0.2, 0.25) is 0 Å². The van der Waals surface area contributed by atoms with Crippen molar-refractivity contribution in [3.05, 3.63) is 0 Å². The lowest BCUT2D eigenvalue weighted by molar-refractivity contribution is -0.124. The number of ketones is 2. The Hall–Kier alpha value is -2.12. The standard InChI is InChI=1S/C13H20N4O4/c18-10-3-4-11(19)7-14-12(20)15-16-13(21)17-5-1-2-9(6-10)8-17/h9H,1-8H2,(H,16,21)(H2,14,15,20). The predicted octanol–water partition coefficient (Wildman–Crippen LogP) is -0.0557. The molecule has 2 fully saturated rings. The first-order valence-corrected chi connectivity index (χ1v) is 7.17. The monoisotopic (exact) mass is 296 g/mol. The molecule has 1 atom stereocenters. The van der Waals surface area contributed by atoms with Crippen molar-refractivity contribution in [1.82, 2.24) is 21.1 Å². The van der Waals surface area contributed by atoms with Crippen LogP contribution in [0.1, 0.15) is 32.1 Å². The summed E-state index contributed by atoms with van der Waals surface area (Å²) in [6.45, 7) is 0.954. The summed E-state index contributed by atoms with van der Waals surface area (Å²) in [4.78, 5) is 48.3. The number of hydrazine groups is 1. The highest BCUT2D eigenvalue weighted by molar-refractivity contribution is 5.89. The van der Waals surface area contributed by atoms with Crippen LogP contribution in [0.5, 0.6) is 0 Å². The average Bonchev–Trinajstić information content (AvgIpc) is 2.48. The molecule has 21 heavy (non-hydrogen) atoms. The number of hydrogen-bond acceptors (Lipinski definition) is 4. The van der Waals surface area contributed by atoms with Gasteiger partial charge in [0.25, 0.3) is 0 Å². The summed E-state index contributed by atoms with van der Waals surface area (Å²) in [7, 11) is 0. The molecule has 2 rings (SSSR count). The molecule has 0 aliphatic carbocycles. The summed E-state index contributed by atoms with van der Waals surface area (Å²) >= 11 is 0. The number of amides is 4. The third-order valence-electron chi connectivity index (χ3n) is 3.73. The first-order valence-electron chi connectivity index (χ1n) is 7.17. The molecule has 0 aromatic heterocycles. The van der Waals surface area contributed by atoms with Gasteiger partial charge in [0, 0.05) is 32.4 Å². The van der Waals surface area contributed by atoms with Crippen LogP contribution in [0.3, 0.4) is 0 Å². The summed E-state index contributed by atoms with van der Waals surface area (Å²) in [6.07, 6.45) is 2.47. The van der Waals surface area contributed by atoms with E-state index in [0.717, 1.165) is 12.8 Å². The van der Waals surface area contributed by atoms with Crippen molar-refractivity contribution in [2.45, 2.75) is 32.1 Å². The van der Waals surface area contributed by atoms with Crippen LogP contribution in [0.2, 0.25) is 0 Å². The van der Waals surface area contributed by atoms with Crippen LogP contribution in [0.25, 0.3) is 0 Å². The van der Waals surface area contributed by atoms with Gasteiger partial charge in [-0.05, 0) is 18.8 Å². The largest absolute Gasteiger partial charge is 0.336 e. The number of carbonyl (C=O) groups is 4. The molecule has 2 saturated heterocycles. The number of piperidine rings is 1. The molecule has 8 heteroatoms. The van der Waals surface area contributed by atoms with E-state index in [0.29, 0.717) is 19.5 Å². The van der Waals surface area contributed by atoms with Gasteiger partial charge in [-0.3, -0.25) is 9.59 Å². The molecular weight excluding hydrogens is 276 g/mol. The molecule has 2 bridgehead atoms. The fourth-order valence-corrected chi connectivity index (χ4v) is 2.62. The maximum atomic E-state index is 11.9. The minimum atomic E-state index is -0.645. The minimum absolute atomic E-state index is 0.0390. The third-order valence-corrected chi connectivity index (χ3v) is 3.73. The number of nitrogens with zero attached hydrogens (tertiary/aromatic N) is 1. The van der Waals surface area contributed by atoms with Crippen LogP contribution in [0, 0.1) is 5.92 Å². The highest BCUT2D eigenvalue weighted by Crippen LogP contribution is 2.20. The second kappa shape index (κ2) is 7.05. The van der Waals surface area contributed by atoms with Crippen LogP contribution in [0.15, 0.2) is 0 Å². The minimum Gasteiger partial charge on any atom is -0.330 e. The van der Waals surface area contributed by atoms with E-state index in [1.165, 1.54) is 0 Å². The molecule has 2 heterocycles. The van der Waals surface area contributed by atoms with Crippen molar-refractivity contribution < 1.29 is 19.2 Å². The third kappa shape index (κ3) is 4.73. The van der Waals surface area contributed by atoms with Gasteiger partial charge < -0.3 is 10.2 Å². The van der Waals surface area contributed by atoms with Crippen molar-refractivity contribution in [2.75, 3.05) is 19.6 Å². The van der Waals surface area contributed by atoms with E-state index in [1.54, 1.807) is 4.90 Å². The molecule has 0 radical (unpaired) electrons. The molecule has 4 amide bonds. The molecule has 116 valence electrons. The second-order valence-electron chi connectivity index (χ2n) is 5.47. The zero-order valence-corrected chi connectivity index (χ0v) is 11.8. The summed E-state index contributed by atoms with van der Waals surface area (Å²) < 4.78 is 0. The summed E-state index contributed by atoms with van der Waals surface area (Å²) in [5.74, 6) is -0.0341. The summed E-state index contributed by atoms with van der Waals surface area (Å²) in [6, 6.07) is -1.04. The van der Waals surface area contributed by atoms with Crippen LogP contribution >= 0.6 is 0 Å². The van der Waals surface area contributed by atoms with E-state index in [4.69, 9.17) is 0 Å². The van der Waals surface area contributed by atoms with Crippen LogP contribution < -0.4 is 16.2 Å². The quantitative estimate of drug-likeness (QED) is 0.582. The van der Waals surface area contributed by atoms with Crippen LogP contribution in [0.4, 0.5) is 9.59 Å². The molecular formula is C13H20N4O4. The molecule has 2 aliphatic heterocycles. The molecule has 0 aromatic rings. The number of carbonyl (C=O) groups excluding carboxylic acids is 4. The van der Waals surface area contributed by atoms with Gasteiger partial charge in [-0.2, -0.15) is 0 Å². The molecule has 8 nitrogen and oxygen atoms in total. The van der Waals surface area contributed by atoms with Crippen molar-refractivity contribution in [1.29, 1.82) is 0 Å². The molecule has 0 saturated carbocycles. The average molecular weight is 296 g/mol. The maximum absolute atomic E-state index is 11.9. The lowest BCUT2D eigenvalue weighted by Gasteiger charge is -2.32. The zero-order chi connectivity index (χ0) is 15.2. The predicted molar refractivity (Wildman–Crippen MR) is 73.2 cm³/mol. The first kappa shape index (κ1) is 15.3. The van der Waals surface area contributed by atoms with E-state index in [2.05, 4.69) is 16.2 Å². The Morgan fingerprint density at radius 2 is 1.76 bits per heavy atom.